The summed E-state index contributed by atoms with van der Waals surface area (Å²) in [4.78, 5) is 30.7. The third-order valence-corrected chi connectivity index (χ3v) is 12.5. The van der Waals surface area contributed by atoms with Gasteiger partial charge in [-0.1, -0.05) is 149 Å². The Morgan fingerprint density at radius 1 is 0.300 bits per heavy atom. The minimum absolute atomic E-state index is 0.0284. The molecular weight excluding hydrogens is 733 g/mol. The minimum Gasteiger partial charge on any atom is -0.309 e. The van der Waals surface area contributed by atoms with Gasteiger partial charge < -0.3 is 9.13 Å². The second kappa shape index (κ2) is 13.8. The van der Waals surface area contributed by atoms with Crippen LogP contribution in [0.15, 0.2) is 94.5 Å². The Bertz CT molecular complexity index is 2760. The summed E-state index contributed by atoms with van der Waals surface area (Å²) < 4.78 is 4.46. The SMILES string of the molecule is CC(C)(C)c1ccc(-n2c3cc(C(C)(C)C)c(C(C)(C)C)cc3c(=O)c3cc4c(cc32)c(=O)c2cc(C(C)(C)C)c(C(C)(C)C)cc2n4-c2ccc(C(C)(C)C)cc2)cc1. The molecule has 7 aromatic rings. The van der Waals surface area contributed by atoms with Crippen molar-refractivity contribution in [3.05, 3.63) is 139 Å². The molecule has 0 aliphatic rings. The van der Waals surface area contributed by atoms with Crippen molar-refractivity contribution in [2.24, 2.45) is 0 Å². The molecule has 0 bridgehead atoms. The van der Waals surface area contributed by atoms with Gasteiger partial charge in [-0.2, -0.15) is 0 Å². The number of hydrogen-bond donors (Lipinski definition) is 0. The van der Waals surface area contributed by atoms with Gasteiger partial charge in [-0.25, -0.2) is 0 Å². The van der Waals surface area contributed by atoms with Gasteiger partial charge in [0.05, 0.1) is 22.1 Å². The molecule has 0 N–H and O–H groups in total. The van der Waals surface area contributed by atoms with Crippen LogP contribution in [0.25, 0.3) is 55.0 Å². The first-order valence-corrected chi connectivity index (χ1v) is 21.9. The summed E-state index contributed by atoms with van der Waals surface area (Å²) in [7, 11) is 0. The van der Waals surface area contributed by atoms with E-state index in [1.54, 1.807) is 0 Å². The van der Waals surface area contributed by atoms with E-state index < -0.39 is 0 Å². The van der Waals surface area contributed by atoms with Crippen LogP contribution in [0.5, 0.6) is 0 Å². The second-order valence-electron chi connectivity index (χ2n) is 23.6. The second-order valence-corrected chi connectivity index (χ2v) is 23.6. The van der Waals surface area contributed by atoms with Crippen molar-refractivity contribution < 1.29 is 0 Å². The van der Waals surface area contributed by atoms with Gasteiger partial charge >= 0.3 is 0 Å². The highest BCUT2D eigenvalue weighted by atomic mass is 16.1. The highest BCUT2D eigenvalue weighted by molar-refractivity contribution is 6.06. The molecule has 7 rings (SSSR count). The normalized spacial score (nSPS) is 13.6. The molecular formula is C56H68N2O2. The van der Waals surface area contributed by atoms with Gasteiger partial charge in [-0.05, 0) is 127 Å². The van der Waals surface area contributed by atoms with E-state index in [0.29, 0.717) is 21.5 Å². The van der Waals surface area contributed by atoms with Gasteiger partial charge in [0.25, 0.3) is 0 Å². The van der Waals surface area contributed by atoms with Crippen molar-refractivity contribution in [3.63, 3.8) is 0 Å². The van der Waals surface area contributed by atoms with Crippen LogP contribution in [0.1, 0.15) is 158 Å². The van der Waals surface area contributed by atoms with E-state index in [9.17, 15) is 0 Å². The molecule has 60 heavy (non-hydrogen) atoms. The molecule has 0 radical (unpaired) electrons. The average molecular weight is 801 g/mol. The third-order valence-electron chi connectivity index (χ3n) is 12.5. The lowest BCUT2D eigenvalue weighted by Crippen LogP contribution is -2.24. The summed E-state index contributed by atoms with van der Waals surface area (Å²) in [6.45, 7) is 40.2. The summed E-state index contributed by atoms with van der Waals surface area (Å²) in [5, 5.41) is 2.52. The molecule has 5 aromatic carbocycles. The fourth-order valence-corrected chi connectivity index (χ4v) is 9.03. The topological polar surface area (TPSA) is 44.0 Å². The Morgan fingerprint density at radius 3 is 0.783 bits per heavy atom. The van der Waals surface area contributed by atoms with E-state index in [1.165, 1.54) is 33.4 Å². The van der Waals surface area contributed by atoms with Crippen LogP contribution in [0, 0.1) is 0 Å². The van der Waals surface area contributed by atoms with Gasteiger partial charge in [0.1, 0.15) is 0 Å². The molecule has 0 aliphatic carbocycles. The zero-order valence-corrected chi connectivity index (χ0v) is 39.8. The van der Waals surface area contributed by atoms with Crippen LogP contribution in [0.3, 0.4) is 0 Å². The first kappa shape index (κ1) is 43.1. The number of benzene rings is 5. The first-order valence-electron chi connectivity index (χ1n) is 21.9. The largest absolute Gasteiger partial charge is 0.309 e. The molecule has 0 saturated carbocycles. The summed E-state index contributed by atoms with van der Waals surface area (Å²) in [5.74, 6) is 0. The molecule has 2 heterocycles. The first-order chi connectivity index (χ1) is 27.4. The highest BCUT2D eigenvalue weighted by Crippen LogP contribution is 2.41. The van der Waals surface area contributed by atoms with Gasteiger partial charge in [0.15, 0.2) is 10.9 Å². The van der Waals surface area contributed by atoms with Gasteiger partial charge in [0, 0.05) is 32.9 Å². The highest BCUT2D eigenvalue weighted by Gasteiger charge is 2.30. The van der Waals surface area contributed by atoms with E-state index in [-0.39, 0.29) is 43.3 Å². The van der Waals surface area contributed by atoms with Crippen molar-refractivity contribution in [1.82, 2.24) is 9.13 Å². The zero-order valence-electron chi connectivity index (χ0n) is 39.8. The molecule has 4 nitrogen and oxygen atoms in total. The number of aromatic nitrogens is 2. The lowest BCUT2D eigenvalue weighted by molar-refractivity contribution is 0.531. The predicted molar refractivity (Wildman–Crippen MR) is 260 cm³/mol. The quantitative estimate of drug-likeness (QED) is 0.164. The van der Waals surface area contributed by atoms with Crippen molar-refractivity contribution >= 4 is 43.6 Å². The van der Waals surface area contributed by atoms with Crippen LogP contribution in [0.2, 0.25) is 0 Å². The summed E-state index contributed by atoms with van der Waals surface area (Å²) in [6, 6.07) is 30.3. The summed E-state index contributed by atoms with van der Waals surface area (Å²) >= 11 is 0. The molecule has 314 valence electrons. The molecule has 0 amide bonds. The van der Waals surface area contributed by atoms with E-state index in [1.807, 2.05) is 12.1 Å². The molecule has 0 aliphatic heterocycles. The van der Waals surface area contributed by atoms with Crippen molar-refractivity contribution in [1.29, 1.82) is 0 Å². The standard InChI is InChI=1S/C56H68N2O2/c1-51(2,3)33-19-23-35(24-20-33)57-45-29-40-46(30-39(45)49(59)37-27-41(53(7,8)9)43(31-47(37)57)55(13,14)15)58(36-25-21-34(22-26-36)52(4,5)6)48-32-44(56(16,17)18)42(54(10,11)12)28-38(48)50(40)60/h19-32H,1-18H3. The monoisotopic (exact) mass is 801 g/mol. The molecule has 2 aromatic heterocycles. The number of nitrogens with zero attached hydrogens (tertiary/aromatic N) is 2. The van der Waals surface area contributed by atoms with Gasteiger partial charge in [0.2, 0.25) is 0 Å². The number of rotatable bonds is 2. The molecule has 0 saturated heterocycles. The van der Waals surface area contributed by atoms with Crippen LogP contribution < -0.4 is 10.9 Å². The van der Waals surface area contributed by atoms with Crippen LogP contribution in [-0.2, 0) is 32.5 Å². The molecule has 4 heteroatoms. The Balaban J connectivity index is 1.76. The van der Waals surface area contributed by atoms with Crippen molar-refractivity contribution in [2.45, 2.75) is 157 Å². The van der Waals surface area contributed by atoms with E-state index in [4.69, 9.17) is 0 Å². The molecule has 0 spiro atoms. The van der Waals surface area contributed by atoms with Gasteiger partial charge in [-0.15, -0.1) is 0 Å². The fourth-order valence-electron chi connectivity index (χ4n) is 9.03. The van der Waals surface area contributed by atoms with E-state index in [2.05, 4.69) is 207 Å². The third kappa shape index (κ3) is 7.43. The van der Waals surface area contributed by atoms with E-state index in [0.717, 1.165) is 33.4 Å². The summed E-state index contributed by atoms with van der Waals surface area (Å²) in [6.07, 6.45) is 0. The maximum atomic E-state index is 15.3. The zero-order chi connectivity index (χ0) is 44.4. The van der Waals surface area contributed by atoms with Crippen LogP contribution in [0.4, 0.5) is 0 Å². The number of fused-ring (bicyclic) bond motifs is 4. The van der Waals surface area contributed by atoms with Crippen molar-refractivity contribution in [3.8, 4) is 11.4 Å². The Hall–Kier alpha value is -4.96. The smallest absolute Gasteiger partial charge is 0.197 e. The van der Waals surface area contributed by atoms with E-state index >= 15 is 9.59 Å². The fraction of sp³-hybridized carbons (Fsp3) is 0.429. The number of pyridine rings is 2. The Kier molecular flexibility index (Phi) is 9.91. The molecule has 0 fully saturated rings. The van der Waals surface area contributed by atoms with Crippen LogP contribution in [-0.4, -0.2) is 9.13 Å². The lowest BCUT2D eigenvalue weighted by Gasteiger charge is -2.31. The maximum absolute atomic E-state index is 15.3. The maximum Gasteiger partial charge on any atom is 0.197 e. The molecule has 0 atom stereocenters. The van der Waals surface area contributed by atoms with Crippen LogP contribution >= 0.6 is 0 Å². The van der Waals surface area contributed by atoms with Gasteiger partial charge in [-0.3, -0.25) is 9.59 Å². The van der Waals surface area contributed by atoms with Crippen molar-refractivity contribution in [2.75, 3.05) is 0 Å². The Labute approximate surface area is 358 Å². The lowest BCUT2D eigenvalue weighted by atomic mass is 9.74. The molecule has 0 unspecified atom stereocenters. The predicted octanol–water partition coefficient (Wildman–Crippen LogP) is 14.4. The Morgan fingerprint density at radius 2 is 0.533 bits per heavy atom. The number of hydrogen-bond acceptors (Lipinski definition) is 2. The average Bonchev–Trinajstić information content (AvgIpc) is 3.12. The summed E-state index contributed by atoms with van der Waals surface area (Å²) in [5.41, 5.74) is 11.4. The minimum atomic E-state index is -0.198.